The maximum Gasteiger partial charge on any atom is 0.306 e. The van der Waals surface area contributed by atoms with E-state index in [-0.39, 0.29) is 35.5 Å². The van der Waals surface area contributed by atoms with E-state index in [1.165, 1.54) is 51.4 Å². The Morgan fingerprint density at radius 1 is 0.843 bits per heavy atom. The molecule has 51 heavy (non-hydrogen) atoms. The van der Waals surface area contributed by atoms with E-state index in [4.69, 9.17) is 16.2 Å². The normalized spacial score (nSPS) is 32.0. The predicted molar refractivity (Wildman–Crippen MR) is 212 cm³/mol. The van der Waals surface area contributed by atoms with E-state index in [9.17, 15) is 9.59 Å². The predicted octanol–water partition coefficient (Wildman–Crippen LogP) is 8.78. The average Bonchev–Trinajstić information content (AvgIpc) is 3.42. The van der Waals surface area contributed by atoms with Crippen molar-refractivity contribution in [3.63, 3.8) is 0 Å². The number of fused-ring (bicyclic) bond motifs is 5. The van der Waals surface area contributed by atoms with E-state index in [2.05, 4.69) is 46.0 Å². The van der Waals surface area contributed by atoms with Crippen molar-refractivity contribution in [2.24, 2.45) is 57.8 Å². The number of nitrogens with two attached hydrogens (primary N) is 2. The molecule has 7 nitrogen and oxygen atoms in total. The monoisotopic (exact) mass is 713 g/mol. The number of carbonyl (C=O) groups is 2. The van der Waals surface area contributed by atoms with Gasteiger partial charge in [-0.25, -0.2) is 0 Å². The summed E-state index contributed by atoms with van der Waals surface area (Å²) in [5, 5.41) is 3.44. The molecule has 5 N–H and O–H groups in total. The lowest BCUT2D eigenvalue weighted by Crippen LogP contribution is -2.51. The van der Waals surface area contributed by atoms with Crippen molar-refractivity contribution >= 4 is 11.9 Å². The van der Waals surface area contributed by atoms with E-state index in [1.54, 1.807) is 5.57 Å². The molecule has 10 atom stereocenters. The van der Waals surface area contributed by atoms with Crippen LogP contribution in [0.5, 0.6) is 0 Å². The molecule has 4 aliphatic rings. The fourth-order valence-corrected chi connectivity index (χ4v) is 11.3. The van der Waals surface area contributed by atoms with Gasteiger partial charge in [0.1, 0.15) is 6.10 Å². The molecule has 0 heterocycles. The first kappa shape index (κ1) is 42.3. The van der Waals surface area contributed by atoms with Crippen molar-refractivity contribution in [2.75, 3.05) is 26.2 Å². The molecule has 3 fully saturated rings. The third-order valence-corrected chi connectivity index (χ3v) is 14.3. The molecule has 0 aromatic rings. The molecule has 0 saturated heterocycles. The Bertz CT molecular complexity index is 1120. The van der Waals surface area contributed by atoms with Crippen LogP contribution in [0.1, 0.15) is 164 Å². The summed E-state index contributed by atoms with van der Waals surface area (Å²) in [7, 11) is 0. The minimum atomic E-state index is -0.140. The van der Waals surface area contributed by atoms with Crippen LogP contribution in [0.15, 0.2) is 11.6 Å². The highest BCUT2D eigenvalue weighted by molar-refractivity contribution is 5.77. The van der Waals surface area contributed by atoms with Gasteiger partial charge in [0.15, 0.2) is 0 Å². The Hall–Kier alpha value is -1.44. The second-order valence-corrected chi connectivity index (χ2v) is 18.9. The summed E-state index contributed by atoms with van der Waals surface area (Å²) in [4.78, 5) is 28.2. The van der Waals surface area contributed by atoms with Crippen LogP contribution in [0.3, 0.4) is 0 Å². The number of esters is 1. The van der Waals surface area contributed by atoms with Crippen molar-refractivity contribution < 1.29 is 14.3 Å². The number of unbranched alkanes of at least 4 members (excludes halogenated alkanes) is 1. The molecule has 3 saturated carbocycles. The van der Waals surface area contributed by atoms with Gasteiger partial charge in [0, 0.05) is 44.4 Å². The smallest absolute Gasteiger partial charge is 0.306 e. The maximum atomic E-state index is 13.2. The van der Waals surface area contributed by atoms with Crippen molar-refractivity contribution in [3.05, 3.63) is 11.6 Å². The van der Waals surface area contributed by atoms with Gasteiger partial charge in [-0.2, -0.15) is 0 Å². The molecule has 0 aliphatic heterocycles. The van der Waals surface area contributed by atoms with Crippen molar-refractivity contribution in [3.8, 4) is 0 Å². The van der Waals surface area contributed by atoms with Gasteiger partial charge < -0.3 is 26.4 Å². The molecule has 0 aromatic carbocycles. The number of ether oxygens (including phenoxy) is 1. The largest absolute Gasteiger partial charge is 0.462 e. The lowest BCUT2D eigenvalue weighted by molar-refractivity contribution is -0.151. The summed E-state index contributed by atoms with van der Waals surface area (Å²) in [6.07, 6.45) is 21.5. The maximum absolute atomic E-state index is 13.2. The van der Waals surface area contributed by atoms with Crippen LogP contribution in [0.25, 0.3) is 0 Å². The molecule has 7 heteroatoms. The van der Waals surface area contributed by atoms with Crippen LogP contribution < -0.4 is 16.8 Å². The average molecular weight is 713 g/mol. The molecule has 0 radical (unpaired) electrons. The summed E-state index contributed by atoms with van der Waals surface area (Å²) in [6.45, 7) is 19.8. The van der Waals surface area contributed by atoms with Gasteiger partial charge in [0.05, 0.1) is 0 Å². The second-order valence-electron chi connectivity index (χ2n) is 18.9. The highest BCUT2D eigenvalue weighted by Gasteiger charge is 2.59. The highest BCUT2D eigenvalue weighted by Crippen LogP contribution is 2.67. The summed E-state index contributed by atoms with van der Waals surface area (Å²) in [5.41, 5.74) is 14.2. The van der Waals surface area contributed by atoms with E-state index < -0.39 is 0 Å². The fraction of sp³-hybridized carbons (Fsp3) is 0.909. The van der Waals surface area contributed by atoms with Gasteiger partial charge >= 0.3 is 5.97 Å². The number of hydrogen-bond donors (Lipinski definition) is 3. The third kappa shape index (κ3) is 11.5. The molecule has 1 amide bonds. The first-order valence-corrected chi connectivity index (χ1v) is 21.6. The van der Waals surface area contributed by atoms with Crippen LogP contribution in [-0.4, -0.2) is 61.1 Å². The lowest BCUT2D eigenvalue weighted by atomic mass is 9.47. The van der Waals surface area contributed by atoms with Crippen LogP contribution in [-0.2, 0) is 14.3 Å². The molecule has 0 bridgehead atoms. The Kier molecular flexibility index (Phi) is 16.4. The number of carbonyl (C=O) groups excluding carboxylic acids is 2. The molecule has 0 aromatic heterocycles. The van der Waals surface area contributed by atoms with Gasteiger partial charge in [-0.3, -0.25) is 9.59 Å². The van der Waals surface area contributed by atoms with Crippen molar-refractivity contribution in [2.45, 2.75) is 182 Å². The van der Waals surface area contributed by atoms with Gasteiger partial charge in [0.25, 0.3) is 0 Å². The van der Waals surface area contributed by atoms with Crippen LogP contribution >= 0.6 is 0 Å². The van der Waals surface area contributed by atoms with E-state index in [0.717, 1.165) is 100 Å². The first-order chi connectivity index (χ1) is 24.2. The number of rotatable bonds is 21. The van der Waals surface area contributed by atoms with Crippen LogP contribution in [0.4, 0.5) is 0 Å². The van der Waals surface area contributed by atoms with Gasteiger partial charge in [-0.15, -0.1) is 0 Å². The van der Waals surface area contributed by atoms with Gasteiger partial charge in [0.2, 0.25) is 5.91 Å². The molecular formula is C44H80N4O3. The fourth-order valence-electron chi connectivity index (χ4n) is 11.3. The number of nitrogens with one attached hydrogen (secondary N) is 1. The van der Waals surface area contributed by atoms with Crippen molar-refractivity contribution in [1.82, 2.24) is 10.2 Å². The Balaban J connectivity index is 1.22. The molecule has 0 spiro atoms. The zero-order chi connectivity index (χ0) is 37.2. The van der Waals surface area contributed by atoms with E-state index >= 15 is 0 Å². The topological polar surface area (TPSA) is 111 Å². The number of hydrogen-bond acceptors (Lipinski definition) is 6. The zero-order valence-corrected chi connectivity index (χ0v) is 34.2. The van der Waals surface area contributed by atoms with Crippen molar-refractivity contribution in [1.29, 1.82) is 0 Å². The number of amides is 1. The molecule has 4 rings (SSSR count). The molecule has 4 aliphatic carbocycles. The Morgan fingerprint density at radius 3 is 2.33 bits per heavy atom. The van der Waals surface area contributed by atoms with E-state index in [1.807, 2.05) is 18.7 Å². The summed E-state index contributed by atoms with van der Waals surface area (Å²) in [6, 6.07) is 0.276. The molecule has 294 valence electrons. The molecular weight excluding hydrogens is 633 g/mol. The lowest BCUT2D eigenvalue weighted by Gasteiger charge is -2.58. The highest BCUT2D eigenvalue weighted by atomic mass is 16.5. The number of nitrogens with zero attached hydrogens (tertiary/aromatic N) is 1. The van der Waals surface area contributed by atoms with E-state index in [0.29, 0.717) is 31.2 Å². The Morgan fingerprint density at radius 2 is 1.61 bits per heavy atom. The zero-order valence-electron chi connectivity index (χ0n) is 34.2. The molecule has 9 unspecified atom stereocenters. The first-order valence-electron chi connectivity index (χ1n) is 21.6. The standard InChI is InChI=1S/C44H80N4O3/c1-31(2)12-10-13-32(3)38-18-19-39-37-17-16-35-30-36(20-24-43(35,6)40(37)21-25-44(38,39)7)51-42(50)15-11-14-41(49)48(29-23-34(5)46)28-9-8-26-47-27-22-33(4)45/h16,31-34,36-40,47H,8-15,17-30,45-46H2,1-7H3/t32-,33?,34?,36?,37?,38?,39?,40?,43?,44?/m1/s1. The quantitative estimate of drug-likeness (QED) is 0.0624. The summed E-state index contributed by atoms with van der Waals surface area (Å²) < 4.78 is 6.11. The van der Waals surface area contributed by atoms with Crippen LogP contribution in [0, 0.1) is 46.3 Å². The summed E-state index contributed by atoms with van der Waals surface area (Å²) >= 11 is 0. The number of allylic oxidation sites excluding steroid dienone is 1. The minimum absolute atomic E-state index is 0.0234. The second kappa shape index (κ2) is 19.8. The van der Waals surface area contributed by atoms with Gasteiger partial charge in [-0.1, -0.05) is 65.5 Å². The third-order valence-electron chi connectivity index (χ3n) is 14.3. The van der Waals surface area contributed by atoms with Gasteiger partial charge in [-0.05, 0) is 150 Å². The summed E-state index contributed by atoms with van der Waals surface area (Å²) in [5.74, 6) is 4.99. The Labute approximate surface area is 313 Å². The minimum Gasteiger partial charge on any atom is -0.462 e. The SMILES string of the molecule is CC(C)CCC[C@@H](C)C1CCC2C3CC=C4CC(OC(=O)CCCC(=O)N(CCCCNCCC(C)N)CCC(C)N)CCC4(C)C3CCC21C. The van der Waals surface area contributed by atoms with Crippen LogP contribution in [0.2, 0.25) is 0 Å².